The lowest BCUT2D eigenvalue weighted by molar-refractivity contribution is -0.181. The van der Waals surface area contributed by atoms with Gasteiger partial charge in [-0.05, 0) is 40.6 Å². The van der Waals surface area contributed by atoms with Crippen LogP contribution in [0.5, 0.6) is 0 Å². The van der Waals surface area contributed by atoms with Crippen LogP contribution in [0.4, 0.5) is 0 Å². The van der Waals surface area contributed by atoms with Crippen molar-refractivity contribution in [2.24, 2.45) is 0 Å². The third-order valence-corrected chi connectivity index (χ3v) is 7.97. The number of aliphatic hydroxyl groups excluding tert-OH is 1. The molecule has 4 aromatic carbocycles. The van der Waals surface area contributed by atoms with Gasteiger partial charge in [0.25, 0.3) is 0 Å². The molecule has 1 aromatic heterocycles. The van der Waals surface area contributed by atoms with Gasteiger partial charge >= 0.3 is 0 Å². The molecule has 0 bridgehead atoms. The minimum atomic E-state index is -0.103. The van der Waals surface area contributed by atoms with Crippen LogP contribution in [0.1, 0.15) is 28.7 Å². The summed E-state index contributed by atoms with van der Waals surface area (Å²) in [5.74, 6) is 0. The second kappa shape index (κ2) is 21.9. The Morgan fingerprint density at radius 2 is 1.13 bits per heavy atom. The van der Waals surface area contributed by atoms with Crippen LogP contribution in [0.2, 0.25) is 0 Å². The lowest BCUT2D eigenvalue weighted by Crippen LogP contribution is -2.45. The average Bonchev–Trinajstić information content (AvgIpc) is 3.16. The number of benzene rings is 4. The fourth-order valence-corrected chi connectivity index (χ4v) is 5.13. The van der Waals surface area contributed by atoms with Crippen LogP contribution in [0.15, 0.2) is 151 Å². The topological polar surface area (TPSA) is 70.0 Å². The third kappa shape index (κ3) is 14.2. The number of nitrogens with zero attached hydrogens (tertiary/aromatic N) is 1. The van der Waals surface area contributed by atoms with Gasteiger partial charge in [0.1, 0.15) is 6.10 Å². The van der Waals surface area contributed by atoms with Crippen LogP contribution in [-0.2, 0) is 45.4 Å². The Labute approximate surface area is 283 Å². The molecule has 47 heavy (non-hydrogen) atoms. The molecule has 1 aliphatic rings. The number of ether oxygens (including phenoxy) is 4. The van der Waals surface area contributed by atoms with E-state index in [-0.39, 0.29) is 24.9 Å². The van der Waals surface area contributed by atoms with E-state index < -0.39 is 0 Å². The first kappa shape index (κ1) is 36.0. The Morgan fingerprint density at radius 1 is 0.638 bits per heavy atom. The van der Waals surface area contributed by atoms with Gasteiger partial charge in [-0.15, -0.1) is 11.8 Å². The van der Waals surface area contributed by atoms with E-state index in [4.69, 9.17) is 24.1 Å². The molecule has 5 aromatic rings. The molecule has 0 aliphatic carbocycles. The Bertz CT molecular complexity index is 1420. The van der Waals surface area contributed by atoms with Gasteiger partial charge in [0.05, 0.1) is 56.9 Å². The van der Waals surface area contributed by atoms with Crippen molar-refractivity contribution < 1.29 is 24.1 Å². The van der Waals surface area contributed by atoms with Gasteiger partial charge in [0.2, 0.25) is 0 Å². The predicted octanol–water partition coefficient (Wildman–Crippen LogP) is 8.15. The van der Waals surface area contributed by atoms with E-state index >= 15 is 0 Å². The Kier molecular flexibility index (Phi) is 16.8. The molecule has 246 valence electrons. The molecular formula is C40H45NO5S. The highest BCUT2D eigenvalue weighted by Crippen LogP contribution is 2.23. The van der Waals surface area contributed by atoms with E-state index in [1.807, 2.05) is 109 Å². The van der Waals surface area contributed by atoms with Crippen LogP contribution in [0.25, 0.3) is 0 Å². The van der Waals surface area contributed by atoms with E-state index in [1.165, 1.54) is 5.56 Å². The zero-order valence-corrected chi connectivity index (χ0v) is 27.8. The molecule has 2 heterocycles. The Morgan fingerprint density at radius 3 is 1.57 bits per heavy atom. The monoisotopic (exact) mass is 651 g/mol. The number of thioether (sulfide) groups is 1. The Balaban J connectivity index is 0.000000254. The molecule has 7 heteroatoms. The fraction of sp³-hybridized carbons (Fsp3) is 0.275. The van der Waals surface area contributed by atoms with Crippen molar-refractivity contribution in [2.75, 3.05) is 19.5 Å². The lowest BCUT2D eigenvalue weighted by atomic mass is 10.0. The van der Waals surface area contributed by atoms with E-state index in [1.54, 1.807) is 18.0 Å². The van der Waals surface area contributed by atoms with Gasteiger partial charge in [0.15, 0.2) is 0 Å². The van der Waals surface area contributed by atoms with Crippen LogP contribution in [0.3, 0.4) is 0 Å². The summed E-state index contributed by atoms with van der Waals surface area (Å²) in [5, 5.41) is 9.61. The van der Waals surface area contributed by atoms with Gasteiger partial charge in [-0.2, -0.15) is 0 Å². The second-order valence-electron chi connectivity index (χ2n) is 10.9. The molecule has 1 aliphatic heterocycles. The van der Waals surface area contributed by atoms with Crippen molar-refractivity contribution in [1.82, 2.24) is 4.98 Å². The molecule has 6 nitrogen and oxygen atoms in total. The highest BCUT2D eigenvalue weighted by molar-refractivity contribution is 7.98. The number of pyridine rings is 1. The smallest absolute Gasteiger partial charge is 0.107 e. The molecule has 0 amide bonds. The maximum atomic E-state index is 8.54. The van der Waals surface area contributed by atoms with E-state index in [0.29, 0.717) is 33.0 Å². The molecule has 0 spiro atoms. The zero-order chi connectivity index (χ0) is 32.8. The van der Waals surface area contributed by atoms with Crippen molar-refractivity contribution in [3.8, 4) is 0 Å². The second-order valence-corrected chi connectivity index (χ2v) is 11.7. The molecule has 6 rings (SSSR count). The number of aliphatic hydroxyl groups is 1. The first-order valence-corrected chi connectivity index (χ1v) is 17.1. The van der Waals surface area contributed by atoms with Crippen molar-refractivity contribution in [2.45, 2.75) is 56.2 Å². The first-order valence-electron chi connectivity index (χ1n) is 15.9. The summed E-state index contributed by atoms with van der Waals surface area (Å²) in [6.07, 6.45) is 4.42. The quantitative estimate of drug-likeness (QED) is 0.137. The number of hydrogen-bond acceptors (Lipinski definition) is 7. The van der Waals surface area contributed by atoms with Crippen LogP contribution >= 0.6 is 11.8 Å². The SMILES string of the molecule is CSc1ccccn1.OCc1ccccc1.c1ccc(COCC2CC(OCc3ccccc3)C(OCc3ccccc3)CO2)cc1. The Hall–Kier alpha value is -3.82. The number of hydrogen-bond donors (Lipinski definition) is 1. The third-order valence-electron chi connectivity index (χ3n) is 7.31. The number of rotatable bonds is 12. The fourth-order valence-electron chi connectivity index (χ4n) is 4.75. The van der Waals surface area contributed by atoms with Gasteiger partial charge in [0, 0.05) is 12.6 Å². The summed E-state index contributed by atoms with van der Waals surface area (Å²) in [7, 11) is 0. The molecule has 1 fully saturated rings. The van der Waals surface area contributed by atoms with Crippen molar-refractivity contribution in [1.29, 1.82) is 0 Å². The molecule has 3 unspecified atom stereocenters. The highest BCUT2D eigenvalue weighted by atomic mass is 32.2. The molecule has 0 radical (unpaired) electrons. The summed E-state index contributed by atoms with van der Waals surface area (Å²) >= 11 is 1.66. The van der Waals surface area contributed by atoms with E-state index in [0.717, 1.165) is 28.1 Å². The molecular weight excluding hydrogens is 607 g/mol. The van der Waals surface area contributed by atoms with Gasteiger partial charge < -0.3 is 24.1 Å². The summed E-state index contributed by atoms with van der Waals surface area (Å²) in [4.78, 5) is 4.06. The van der Waals surface area contributed by atoms with Crippen LogP contribution in [0, 0.1) is 0 Å². The standard InChI is InChI=1S/C27H30O4.C7H8O.C6H7NS/c1-4-10-22(11-5-1)17-28-20-25-16-26(30-18-23-12-6-2-7-13-23)27(21-29-25)31-19-24-14-8-3-9-15-24;8-6-7-4-2-1-3-5-7;1-8-6-4-2-3-5-7-6/h1-15,25-27H,16-21H2;1-5,8H,6H2;2-5H,1H3. The first-order chi connectivity index (χ1) is 23.2. The molecule has 1 saturated heterocycles. The van der Waals surface area contributed by atoms with Crippen LogP contribution < -0.4 is 0 Å². The number of aromatic nitrogens is 1. The predicted molar refractivity (Wildman–Crippen MR) is 189 cm³/mol. The summed E-state index contributed by atoms with van der Waals surface area (Å²) in [6.45, 7) is 2.89. The van der Waals surface area contributed by atoms with E-state index in [2.05, 4.69) is 41.4 Å². The normalized spacial score (nSPS) is 17.0. The van der Waals surface area contributed by atoms with Gasteiger partial charge in [-0.1, -0.05) is 127 Å². The molecule has 0 saturated carbocycles. The maximum Gasteiger partial charge on any atom is 0.107 e. The highest BCUT2D eigenvalue weighted by Gasteiger charge is 2.33. The van der Waals surface area contributed by atoms with Gasteiger partial charge in [-0.25, -0.2) is 4.98 Å². The summed E-state index contributed by atoms with van der Waals surface area (Å²) in [5.41, 5.74) is 4.44. The summed E-state index contributed by atoms with van der Waals surface area (Å²) < 4.78 is 24.5. The van der Waals surface area contributed by atoms with Crippen molar-refractivity contribution in [3.63, 3.8) is 0 Å². The maximum absolute atomic E-state index is 8.54. The largest absolute Gasteiger partial charge is 0.392 e. The lowest BCUT2D eigenvalue weighted by Gasteiger charge is -2.36. The molecule has 1 N–H and O–H groups in total. The molecule has 3 atom stereocenters. The minimum Gasteiger partial charge on any atom is -0.392 e. The van der Waals surface area contributed by atoms with Crippen LogP contribution in [-0.4, -0.2) is 47.9 Å². The summed E-state index contributed by atoms with van der Waals surface area (Å²) in [6, 6.07) is 46.1. The zero-order valence-electron chi connectivity index (χ0n) is 27.0. The van der Waals surface area contributed by atoms with Crippen molar-refractivity contribution >= 4 is 11.8 Å². The van der Waals surface area contributed by atoms with Gasteiger partial charge in [-0.3, -0.25) is 0 Å². The van der Waals surface area contributed by atoms with E-state index in [9.17, 15) is 0 Å². The van der Waals surface area contributed by atoms with Crippen molar-refractivity contribution in [3.05, 3.63) is 168 Å². The average molecular weight is 652 g/mol. The minimum absolute atomic E-state index is 0.000982.